The van der Waals surface area contributed by atoms with Gasteiger partial charge in [-0.2, -0.15) is 0 Å². The summed E-state index contributed by atoms with van der Waals surface area (Å²) in [6.45, 7) is 1.17. The topological polar surface area (TPSA) is 65.3 Å². The number of hydrogen-bond acceptors (Lipinski definition) is 7. The minimum atomic E-state index is -0.0444. The van der Waals surface area contributed by atoms with Crippen LogP contribution < -0.4 is 34.0 Å². The average Bonchev–Trinajstić information content (AvgIpc) is 3.32. The lowest BCUT2D eigenvalue weighted by Crippen LogP contribution is -2.42. The number of nitrogens with zero attached hydrogens (tertiary/aromatic N) is 3. The highest BCUT2D eigenvalue weighted by Gasteiger charge is 2.19. The molecule has 0 saturated carbocycles. The molecule has 142 valence electrons. The second-order valence-corrected chi connectivity index (χ2v) is 7.43. The minimum Gasteiger partial charge on any atom is -0.497 e. The number of thiazole rings is 1. The Bertz CT molecular complexity index is 1230. The maximum atomic E-state index is 12.9. The normalized spacial score (nSPS) is 15.3. The SMILES string of the molecule is COc1cccc(/C=c2\sc3n(c2=O)CN(c2ccc4c(c2)OCO4)CN=3)c1. The summed E-state index contributed by atoms with van der Waals surface area (Å²) in [6, 6.07) is 13.4. The summed E-state index contributed by atoms with van der Waals surface area (Å²) in [7, 11) is 1.63. The number of rotatable bonds is 3. The Morgan fingerprint density at radius 1 is 1.18 bits per heavy atom. The highest BCUT2D eigenvalue weighted by molar-refractivity contribution is 7.07. The Morgan fingerprint density at radius 3 is 2.96 bits per heavy atom. The molecule has 2 aromatic carbocycles. The molecular weight excluding hydrogens is 378 g/mol. The quantitative estimate of drug-likeness (QED) is 0.673. The van der Waals surface area contributed by atoms with Crippen LogP contribution in [0.3, 0.4) is 0 Å². The third kappa shape index (κ3) is 2.91. The van der Waals surface area contributed by atoms with Crippen molar-refractivity contribution < 1.29 is 14.2 Å². The van der Waals surface area contributed by atoms with Crippen LogP contribution in [0.4, 0.5) is 5.69 Å². The van der Waals surface area contributed by atoms with Crippen molar-refractivity contribution >= 4 is 23.1 Å². The van der Waals surface area contributed by atoms with Crippen molar-refractivity contribution in [3.05, 3.63) is 67.7 Å². The average molecular weight is 395 g/mol. The summed E-state index contributed by atoms with van der Waals surface area (Å²) >= 11 is 1.40. The van der Waals surface area contributed by atoms with Crippen molar-refractivity contribution in [2.24, 2.45) is 4.99 Å². The van der Waals surface area contributed by atoms with Gasteiger partial charge in [0, 0.05) is 11.8 Å². The number of fused-ring (bicyclic) bond motifs is 2. The Balaban J connectivity index is 1.49. The second kappa shape index (κ2) is 6.72. The maximum absolute atomic E-state index is 12.9. The van der Waals surface area contributed by atoms with E-state index in [1.165, 1.54) is 11.3 Å². The van der Waals surface area contributed by atoms with Gasteiger partial charge in [0.1, 0.15) is 19.1 Å². The van der Waals surface area contributed by atoms with Gasteiger partial charge in [-0.25, -0.2) is 4.99 Å². The number of aromatic nitrogens is 1. The van der Waals surface area contributed by atoms with Crippen LogP contribution in [0, 0.1) is 0 Å². The van der Waals surface area contributed by atoms with E-state index in [0.717, 1.165) is 27.6 Å². The van der Waals surface area contributed by atoms with Gasteiger partial charge in [0.25, 0.3) is 5.56 Å². The van der Waals surface area contributed by atoms with Crippen molar-refractivity contribution in [2.45, 2.75) is 6.67 Å². The summed E-state index contributed by atoms with van der Waals surface area (Å²) < 4.78 is 18.4. The summed E-state index contributed by atoms with van der Waals surface area (Å²) in [5, 5.41) is 0. The molecule has 0 bridgehead atoms. The van der Waals surface area contributed by atoms with Crippen LogP contribution in [-0.2, 0) is 6.67 Å². The van der Waals surface area contributed by atoms with Gasteiger partial charge in [-0.3, -0.25) is 9.36 Å². The number of benzene rings is 2. The van der Waals surface area contributed by atoms with Crippen LogP contribution in [0.15, 0.2) is 52.3 Å². The van der Waals surface area contributed by atoms with E-state index in [0.29, 0.717) is 23.6 Å². The molecule has 1 aromatic heterocycles. The molecule has 0 unspecified atom stereocenters. The molecule has 28 heavy (non-hydrogen) atoms. The molecule has 0 fully saturated rings. The van der Waals surface area contributed by atoms with E-state index in [1.807, 2.05) is 53.4 Å². The molecule has 0 aliphatic carbocycles. The zero-order chi connectivity index (χ0) is 19.1. The standard InChI is InChI=1S/C20H17N3O4S/c1-25-15-4-2-3-13(7-15)8-18-19(24)23-11-22(10-21-20(23)28-18)14-5-6-16-17(9-14)27-12-26-16/h2-9H,10-12H2,1H3/b18-8-. The van der Waals surface area contributed by atoms with Gasteiger partial charge < -0.3 is 19.1 Å². The van der Waals surface area contributed by atoms with E-state index in [2.05, 4.69) is 4.99 Å². The van der Waals surface area contributed by atoms with E-state index in [9.17, 15) is 4.79 Å². The first-order valence-corrected chi connectivity index (χ1v) is 9.57. The largest absolute Gasteiger partial charge is 0.497 e. The van der Waals surface area contributed by atoms with Crippen LogP contribution in [0.2, 0.25) is 0 Å². The Kier molecular flexibility index (Phi) is 4.05. The van der Waals surface area contributed by atoms with E-state index >= 15 is 0 Å². The van der Waals surface area contributed by atoms with Gasteiger partial charge in [-0.05, 0) is 35.9 Å². The molecule has 0 amide bonds. The minimum absolute atomic E-state index is 0.0444. The fraction of sp³-hybridized carbons (Fsp3) is 0.200. The Hall–Kier alpha value is -3.26. The molecule has 3 heterocycles. The molecular formula is C20H17N3O4S. The van der Waals surface area contributed by atoms with Crippen LogP contribution in [0.5, 0.6) is 17.2 Å². The van der Waals surface area contributed by atoms with E-state index in [-0.39, 0.29) is 12.4 Å². The summed E-state index contributed by atoms with van der Waals surface area (Å²) in [6.07, 6.45) is 1.88. The molecule has 0 radical (unpaired) electrons. The molecule has 0 saturated heterocycles. The monoisotopic (exact) mass is 395 g/mol. The molecule has 2 aliphatic heterocycles. The number of hydrogen-bond donors (Lipinski definition) is 0. The molecule has 3 aromatic rings. The first-order chi connectivity index (χ1) is 13.7. The third-order valence-corrected chi connectivity index (χ3v) is 5.73. The van der Waals surface area contributed by atoms with Crippen molar-refractivity contribution in [3.63, 3.8) is 0 Å². The molecule has 8 heteroatoms. The molecule has 5 rings (SSSR count). The summed E-state index contributed by atoms with van der Waals surface area (Å²) in [5.41, 5.74) is 1.82. The highest BCUT2D eigenvalue weighted by atomic mass is 32.1. The zero-order valence-electron chi connectivity index (χ0n) is 15.1. The van der Waals surface area contributed by atoms with Crippen molar-refractivity contribution in [2.75, 3.05) is 25.5 Å². The zero-order valence-corrected chi connectivity index (χ0v) is 15.9. The van der Waals surface area contributed by atoms with E-state index < -0.39 is 0 Å². The van der Waals surface area contributed by atoms with E-state index in [1.54, 1.807) is 11.7 Å². The third-order valence-electron chi connectivity index (χ3n) is 4.69. The summed E-state index contributed by atoms with van der Waals surface area (Å²) in [5.74, 6) is 2.21. The van der Waals surface area contributed by atoms with Gasteiger partial charge in [0.2, 0.25) is 6.79 Å². The first kappa shape index (κ1) is 16.9. The lowest BCUT2D eigenvalue weighted by Gasteiger charge is -2.25. The molecule has 0 spiro atoms. The van der Waals surface area contributed by atoms with Gasteiger partial charge in [-0.15, -0.1) is 0 Å². The first-order valence-electron chi connectivity index (χ1n) is 8.76. The lowest BCUT2D eigenvalue weighted by molar-refractivity contribution is 0.174. The molecule has 0 atom stereocenters. The highest BCUT2D eigenvalue weighted by Crippen LogP contribution is 2.35. The molecule has 2 aliphatic rings. The van der Waals surface area contributed by atoms with Crippen molar-refractivity contribution in [1.82, 2.24) is 4.57 Å². The van der Waals surface area contributed by atoms with Gasteiger partial charge in [0.05, 0.1) is 11.6 Å². The van der Waals surface area contributed by atoms with Crippen LogP contribution in [0.1, 0.15) is 5.56 Å². The fourth-order valence-electron chi connectivity index (χ4n) is 3.24. The maximum Gasteiger partial charge on any atom is 0.271 e. The summed E-state index contributed by atoms with van der Waals surface area (Å²) in [4.78, 5) is 20.3. The van der Waals surface area contributed by atoms with Crippen molar-refractivity contribution in [1.29, 1.82) is 0 Å². The van der Waals surface area contributed by atoms with Crippen molar-refractivity contribution in [3.8, 4) is 17.2 Å². The second-order valence-electron chi connectivity index (χ2n) is 6.42. The lowest BCUT2D eigenvalue weighted by atomic mass is 10.2. The van der Waals surface area contributed by atoms with Gasteiger partial charge in [-0.1, -0.05) is 23.5 Å². The van der Waals surface area contributed by atoms with E-state index in [4.69, 9.17) is 14.2 Å². The molecule has 7 nitrogen and oxygen atoms in total. The Labute approximate surface area is 164 Å². The number of methoxy groups -OCH3 is 1. The smallest absolute Gasteiger partial charge is 0.271 e. The Morgan fingerprint density at radius 2 is 2.07 bits per heavy atom. The number of ether oxygens (including phenoxy) is 3. The van der Waals surface area contributed by atoms with Gasteiger partial charge >= 0.3 is 0 Å². The van der Waals surface area contributed by atoms with Crippen LogP contribution >= 0.6 is 11.3 Å². The molecule has 0 N–H and O–H groups in total. The fourth-order valence-corrected chi connectivity index (χ4v) is 4.20. The number of anilines is 1. The van der Waals surface area contributed by atoms with Gasteiger partial charge in [0.15, 0.2) is 16.3 Å². The van der Waals surface area contributed by atoms with Crippen LogP contribution in [-0.4, -0.2) is 25.1 Å². The predicted molar refractivity (Wildman–Crippen MR) is 106 cm³/mol. The van der Waals surface area contributed by atoms with Crippen LogP contribution in [0.25, 0.3) is 6.08 Å². The predicted octanol–water partition coefficient (Wildman–Crippen LogP) is 1.53.